The van der Waals surface area contributed by atoms with Crippen molar-refractivity contribution in [3.05, 3.63) is 27.7 Å². The van der Waals surface area contributed by atoms with Crippen LogP contribution in [-0.2, 0) is 4.74 Å². The SMILES string of the molecule is CCOCCNc1ccc(Cl)cc1Br. The Bertz CT molecular complexity index is 293. The van der Waals surface area contributed by atoms with Gasteiger partial charge in [0.15, 0.2) is 0 Å². The fourth-order valence-corrected chi connectivity index (χ4v) is 1.86. The Kier molecular flexibility index (Phi) is 5.30. The van der Waals surface area contributed by atoms with Crippen molar-refractivity contribution in [2.75, 3.05) is 25.1 Å². The van der Waals surface area contributed by atoms with E-state index >= 15 is 0 Å². The second-order valence-corrected chi connectivity index (χ2v) is 4.04. The molecule has 0 amide bonds. The molecule has 1 aromatic rings. The van der Waals surface area contributed by atoms with E-state index < -0.39 is 0 Å². The molecule has 0 saturated carbocycles. The molecule has 1 N–H and O–H groups in total. The van der Waals surface area contributed by atoms with E-state index in [1.807, 2.05) is 25.1 Å². The molecular formula is C10H13BrClNO. The molecule has 0 saturated heterocycles. The molecule has 0 unspecified atom stereocenters. The van der Waals surface area contributed by atoms with Crippen LogP contribution in [-0.4, -0.2) is 19.8 Å². The third-order valence-corrected chi connectivity index (χ3v) is 2.59. The van der Waals surface area contributed by atoms with Crippen molar-refractivity contribution in [1.82, 2.24) is 0 Å². The lowest BCUT2D eigenvalue weighted by atomic mass is 10.3. The second-order valence-electron chi connectivity index (χ2n) is 2.75. The molecule has 78 valence electrons. The summed E-state index contributed by atoms with van der Waals surface area (Å²) in [5.74, 6) is 0. The molecule has 0 fully saturated rings. The van der Waals surface area contributed by atoms with Gasteiger partial charge < -0.3 is 10.1 Å². The minimum atomic E-state index is 0.714. The van der Waals surface area contributed by atoms with Gasteiger partial charge in [-0.05, 0) is 41.1 Å². The monoisotopic (exact) mass is 277 g/mol. The lowest BCUT2D eigenvalue weighted by molar-refractivity contribution is 0.158. The molecule has 14 heavy (non-hydrogen) atoms. The first-order chi connectivity index (χ1) is 6.74. The van der Waals surface area contributed by atoms with Crippen LogP contribution >= 0.6 is 27.5 Å². The zero-order valence-electron chi connectivity index (χ0n) is 8.02. The average Bonchev–Trinajstić information content (AvgIpc) is 2.15. The maximum absolute atomic E-state index is 5.82. The quantitative estimate of drug-likeness (QED) is 0.832. The van der Waals surface area contributed by atoms with E-state index in [1.165, 1.54) is 0 Å². The van der Waals surface area contributed by atoms with Gasteiger partial charge in [0.2, 0.25) is 0 Å². The number of halogens is 2. The Hall–Kier alpha value is -0.250. The largest absolute Gasteiger partial charge is 0.382 e. The summed E-state index contributed by atoms with van der Waals surface area (Å²) in [4.78, 5) is 0. The molecule has 0 radical (unpaired) electrons. The molecule has 0 heterocycles. The predicted molar refractivity (Wildman–Crippen MR) is 64.1 cm³/mol. The fourth-order valence-electron chi connectivity index (χ4n) is 1.04. The van der Waals surface area contributed by atoms with E-state index in [2.05, 4.69) is 21.2 Å². The summed E-state index contributed by atoms with van der Waals surface area (Å²) < 4.78 is 6.19. The van der Waals surface area contributed by atoms with Gasteiger partial charge in [0.05, 0.1) is 6.61 Å². The minimum Gasteiger partial charge on any atom is -0.382 e. The van der Waals surface area contributed by atoms with Crippen LogP contribution in [0.4, 0.5) is 5.69 Å². The molecule has 1 aromatic carbocycles. The summed E-state index contributed by atoms with van der Waals surface area (Å²) in [5, 5.41) is 3.97. The van der Waals surface area contributed by atoms with Crippen LogP contribution in [0.3, 0.4) is 0 Å². The Morgan fingerprint density at radius 2 is 2.29 bits per heavy atom. The molecule has 2 nitrogen and oxygen atoms in total. The first-order valence-corrected chi connectivity index (χ1v) is 5.67. The maximum atomic E-state index is 5.82. The first-order valence-electron chi connectivity index (χ1n) is 4.50. The van der Waals surface area contributed by atoms with Crippen LogP contribution in [0.1, 0.15) is 6.92 Å². The summed E-state index contributed by atoms with van der Waals surface area (Å²) >= 11 is 9.25. The maximum Gasteiger partial charge on any atom is 0.0638 e. The third kappa shape index (κ3) is 3.86. The first kappa shape index (κ1) is 11.8. The van der Waals surface area contributed by atoms with Gasteiger partial charge in [0, 0.05) is 28.3 Å². The Morgan fingerprint density at radius 3 is 2.93 bits per heavy atom. The summed E-state index contributed by atoms with van der Waals surface area (Å²) in [6.45, 7) is 4.25. The number of nitrogens with one attached hydrogen (secondary N) is 1. The van der Waals surface area contributed by atoms with Gasteiger partial charge >= 0.3 is 0 Å². The van der Waals surface area contributed by atoms with E-state index in [9.17, 15) is 0 Å². The molecule has 0 aliphatic heterocycles. The highest BCUT2D eigenvalue weighted by atomic mass is 79.9. The van der Waals surface area contributed by atoms with Crippen molar-refractivity contribution in [1.29, 1.82) is 0 Å². The van der Waals surface area contributed by atoms with Crippen molar-refractivity contribution < 1.29 is 4.74 Å². The Labute approximate surface area is 97.7 Å². The minimum absolute atomic E-state index is 0.714. The van der Waals surface area contributed by atoms with Gasteiger partial charge in [-0.1, -0.05) is 11.6 Å². The lowest BCUT2D eigenvalue weighted by Gasteiger charge is -2.08. The number of hydrogen-bond acceptors (Lipinski definition) is 2. The number of rotatable bonds is 5. The van der Waals surface area contributed by atoms with Crippen LogP contribution in [0.15, 0.2) is 22.7 Å². The number of benzene rings is 1. The van der Waals surface area contributed by atoms with Crippen LogP contribution < -0.4 is 5.32 Å². The van der Waals surface area contributed by atoms with Crippen LogP contribution in [0.5, 0.6) is 0 Å². The molecule has 0 bridgehead atoms. The molecule has 1 rings (SSSR count). The molecule has 0 aliphatic carbocycles. The van der Waals surface area contributed by atoms with E-state index in [-0.39, 0.29) is 0 Å². The number of anilines is 1. The number of ether oxygens (including phenoxy) is 1. The fraction of sp³-hybridized carbons (Fsp3) is 0.400. The highest BCUT2D eigenvalue weighted by Gasteiger charge is 1.98. The van der Waals surface area contributed by atoms with Crippen molar-refractivity contribution in [2.24, 2.45) is 0 Å². The predicted octanol–water partition coefficient (Wildman–Crippen LogP) is 3.55. The third-order valence-electron chi connectivity index (χ3n) is 1.70. The van der Waals surface area contributed by atoms with Crippen molar-refractivity contribution in [2.45, 2.75) is 6.92 Å². The van der Waals surface area contributed by atoms with Gasteiger partial charge in [0.25, 0.3) is 0 Å². The van der Waals surface area contributed by atoms with Gasteiger partial charge in [-0.15, -0.1) is 0 Å². The molecular weight excluding hydrogens is 265 g/mol. The zero-order valence-corrected chi connectivity index (χ0v) is 10.4. The average molecular weight is 279 g/mol. The van der Waals surface area contributed by atoms with Gasteiger partial charge in [-0.3, -0.25) is 0 Å². The highest BCUT2D eigenvalue weighted by molar-refractivity contribution is 9.10. The summed E-state index contributed by atoms with van der Waals surface area (Å²) in [5.41, 5.74) is 1.04. The van der Waals surface area contributed by atoms with Crippen LogP contribution in [0, 0.1) is 0 Å². The van der Waals surface area contributed by atoms with E-state index in [4.69, 9.17) is 16.3 Å². The van der Waals surface area contributed by atoms with Gasteiger partial charge in [-0.25, -0.2) is 0 Å². The normalized spacial score (nSPS) is 10.2. The van der Waals surface area contributed by atoms with Crippen molar-refractivity contribution >= 4 is 33.2 Å². The Morgan fingerprint density at radius 1 is 1.50 bits per heavy atom. The van der Waals surface area contributed by atoms with Crippen LogP contribution in [0.25, 0.3) is 0 Å². The second kappa shape index (κ2) is 6.27. The summed E-state index contributed by atoms with van der Waals surface area (Å²) in [7, 11) is 0. The summed E-state index contributed by atoms with van der Waals surface area (Å²) in [6.07, 6.45) is 0. The molecule has 0 atom stereocenters. The molecule has 0 spiro atoms. The lowest BCUT2D eigenvalue weighted by Crippen LogP contribution is -2.09. The van der Waals surface area contributed by atoms with Crippen molar-refractivity contribution in [3.8, 4) is 0 Å². The van der Waals surface area contributed by atoms with E-state index in [0.717, 1.165) is 28.3 Å². The van der Waals surface area contributed by atoms with Crippen molar-refractivity contribution in [3.63, 3.8) is 0 Å². The standard InChI is InChI=1S/C10H13BrClNO/c1-2-14-6-5-13-10-4-3-8(12)7-9(10)11/h3-4,7,13H,2,5-6H2,1H3. The van der Waals surface area contributed by atoms with Gasteiger partial charge in [-0.2, -0.15) is 0 Å². The Balaban J connectivity index is 2.42. The topological polar surface area (TPSA) is 21.3 Å². The van der Waals surface area contributed by atoms with E-state index in [0.29, 0.717) is 6.61 Å². The number of hydrogen-bond donors (Lipinski definition) is 1. The van der Waals surface area contributed by atoms with Crippen LogP contribution in [0.2, 0.25) is 5.02 Å². The summed E-state index contributed by atoms with van der Waals surface area (Å²) in [6, 6.07) is 5.66. The van der Waals surface area contributed by atoms with Gasteiger partial charge in [0.1, 0.15) is 0 Å². The van der Waals surface area contributed by atoms with E-state index in [1.54, 1.807) is 0 Å². The highest BCUT2D eigenvalue weighted by Crippen LogP contribution is 2.25. The zero-order chi connectivity index (χ0) is 10.4. The smallest absolute Gasteiger partial charge is 0.0638 e. The molecule has 4 heteroatoms. The molecule has 0 aromatic heterocycles. The molecule has 0 aliphatic rings.